The lowest BCUT2D eigenvalue weighted by molar-refractivity contribution is -0.133. The molecule has 3 rings (SSSR count). The number of hydrogen-bond acceptors (Lipinski definition) is 3. The van der Waals surface area contributed by atoms with Crippen molar-refractivity contribution in [3.05, 3.63) is 35.9 Å². The minimum absolute atomic E-state index is 0.140. The standard InChI is InChI=1S/C21H30N2O3/c24-15-18(19(25)22-17-11-5-2-6-12-17)23-20(26)21(13-7-8-14-21)16-9-3-1-4-10-16/h1,3-4,9-10,17-18,24H,2,5-8,11-15H2,(H,22,25)(H,23,26)/t18-/m0/s1. The second-order valence-corrected chi connectivity index (χ2v) is 7.71. The van der Waals surface area contributed by atoms with Crippen molar-refractivity contribution in [2.45, 2.75) is 75.3 Å². The van der Waals surface area contributed by atoms with E-state index in [0.717, 1.165) is 56.9 Å². The summed E-state index contributed by atoms with van der Waals surface area (Å²) in [6, 6.07) is 9.09. The Hall–Kier alpha value is -1.88. The van der Waals surface area contributed by atoms with Crippen molar-refractivity contribution in [3.63, 3.8) is 0 Å². The van der Waals surface area contributed by atoms with Gasteiger partial charge < -0.3 is 15.7 Å². The van der Waals surface area contributed by atoms with E-state index in [4.69, 9.17) is 0 Å². The molecule has 2 aliphatic carbocycles. The normalized spacial score (nSPS) is 21.1. The maximum Gasteiger partial charge on any atom is 0.245 e. The van der Waals surface area contributed by atoms with Crippen molar-refractivity contribution in [1.29, 1.82) is 0 Å². The van der Waals surface area contributed by atoms with Crippen LogP contribution in [0.1, 0.15) is 63.4 Å². The summed E-state index contributed by atoms with van der Waals surface area (Å²) in [7, 11) is 0. The summed E-state index contributed by atoms with van der Waals surface area (Å²) >= 11 is 0. The Labute approximate surface area is 155 Å². The summed E-state index contributed by atoms with van der Waals surface area (Å²) in [5.41, 5.74) is 0.416. The molecule has 0 spiro atoms. The Bertz CT molecular complexity index is 605. The molecule has 5 nitrogen and oxygen atoms in total. The summed E-state index contributed by atoms with van der Waals surface area (Å²) in [5, 5.41) is 15.5. The zero-order valence-corrected chi connectivity index (χ0v) is 15.4. The zero-order chi connectivity index (χ0) is 18.4. The molecule has 5 heteroatoms. The number of aliphatic hydroxyl groups excluding tert-OH is 1. The molecule has 3 N–H and O–H groups in total. The van der Waals surface area contributed by atoms with Crippen LogP contribution in [0.3, 0.4) is 0 Å². The fraction of sp³-hybridized carbons (Fsp3) is 0.619. The maximum atomic E-state index is 13.1. The quantitative estimate of drug-likeness (QED) is 0.731. The number of amides is 2. The van der Waals surface area contributed by atoms with Crippen LogP contribution < -0.4 is 10.6 Å². The van der Waals surface area contributed by atoms with Gasteiger partial charge in [0, 0.05) is 6.04 Å². The third-order valence-electron chi connectivity index (χ3n) is 5.97. The predicted molar refractivity (Wildman–Crippen MR) is 101 cm³/mol. The average Bonchev–Trinajstić information content (AvgIpc) is 3.18. The summed E-state index contributed by atoms with van der Waals surface area (Å²) < 4.78 is 0. The lowest BCUT2D eigenvalue weighted by atomic mass is 9.78. The van der Waals surface area contributed by atoms with E-state index in [1.807, 2.05) is 30.3 Å². The first-order chi connectivity index (χ1) is 12.7. The molecule has 26 heavy (non-hydrogen) atoms. The van der Waals surface area contributed by atoms with Crippen LogP contribution in [0.2, 0.25) is 0 Å². The van der Waals surface area contributed by atoms with E-state index in [2.05, 4.69) is 10.6 Å². The first-order valence-corrected chi connectivity index (χ1v) is 9.93. The third-order valence-corrected chi connectivity index (χ3v) is 5.97. The predicted octanol–water partition coefficient (Wildman–Crippen LogP) is 2.42. The monoisotopic (exact) mass is 358 g/mol. The van der Waals surface area contributed by atoms with Crippen LogP contribution in [0.25, 0.3) is 0 Å². The minimum Gasteiger partial charge on any atom is -0.394 e. The average molecular weight is 358 g/mol. The van der Waals surface area contributed by atoms with E-state index in [0.29, 0.717) is 0 Å². The molecule has 0 unspecified atom stereocenters. The number of carbonyl (C=O) groups is 2. The van der Waals surface area contributed by atoms with Gasteiger partial charge in [-0.15, -0.1) is 0 Å². The van der Waals surface area contributed by atoms with Crippen LogP contribution in [0.15, 0.2) is 30.3 Å². The first kappa shape index (κ1) is 18.9. The van der Waals surface area contributed by atoms with E-state index >= 15 is 0 Å². The first-order valence-electron chi connectivity index (χ1n) is 9.93. The van der Waals surface area contributed by atoms with Gasteiger partial charge in [-0.05, 0) is 31.2 Å². The van der Waals surface area contributed by atoms with Crippen molar-refractivity contribution in [2.24, 2.45) is 0 Å². The topological polar surface area (TPSA) is 78.4 Å². The number of benzene rings is 1. The highest BCUT2D eigenvalue weighted by Crippen LogP contribution is 2.41. The summed E-state index contributed by atoms with van der Waals surface area (Å²) in [5.74, 6) is -0.409. The van der Waals surface area contributed by atoms with Gasteiger partial charge in [-0.1, -0.05) is 62.4 Å². The second-order valence-electron chi connectivity index (χ2n) is 7.71. The van der Waals surface area contributed by atoms with Crippen molar-refractivity contribution < 1.29 is 14.7 Å². The van der Waals surface area contributed by atoms with E-state index in [9.17, 15) is 14.7 Å². The third kappa shape index (κ3) is 4.09. The van der Waals surface area contributed by atoms with Gasteiger partial charge in [-0.3, -0.25) is 9.59 Å². The van der Waals surface area contributed by atoms with Crippen LogP contribution in [0, 0.1) is 0 Å². The maximum absolute atomic E-state index is 13.1. The van der Waals surface area contributed by atoms with Gasteiger partial charge in [-0.25, -0.2) is 0 Å². The Balaban J connectivity index is 1.68. The highest BCUT2D eigenvalue weighted by Gasteiger charge is 2.43. The van der Waals surface area contributed by atoms with Crippen LogP contribution in [0.4, 0.5) is 0 Å². The molecule has 1 atom stereocenters. The van der Waals surface area contributed by atoms with Crippen LogP contribution >= 0.6 is 0 Å². The van der Waals surface area contributed by atoms with E-state index < -0.39 is 11.5 Å². The molecule has 0 aliphatic heterocycles. The van der Waals surface area contributed by atoms with Gasteiger partial charge in [0.1, 0.15) is 6.04 Å². The number of nitrogens with one attached hydrogen (secondary N) is 2. The van der Waals surface area contributed by atoms with Crippen molar-refractivity contribution in [1.82, 2.24) is 10.6 Å². The summed E-state index contributed by atoms with van der Waals surface area (Å²) in [6.07, 6.45) is 8.98. The van der Waals surface area contributed by atoms with Crippen LogP contribution in [-0.4, -0.2) is 35.6 Å². The number of aliphatic hydroxyl groups is 1. The molecule has 142 valence electrons. The molecule has 2 fully saturated rings. The zero-order valence-electron chi connectivity index (χ0n) is 15.4. The molecular weight excluding hydrogens is 328 g/mol. The van der Waals surface area contributed by atoms with Crippen molar-refractivity contribution >= 4 is 11.8 Å². The molecule has 0 radical (unpaired) electrons. The summed E-state index contributed by atoms with van der Waals surface area (Å²) in [4.78, 5) is 25.7. The molecule has 1 aromatic carbocycles. The van der Waals surface area contributed by atoms with Crippen LogP contribution in [0.5, 0.6) is 0 Å². The molecule has 0 heterocycles. The second kappa shape index (κ2) is 8.67. The fourth-order valence-electron chi connectivity index (χ4n) is 4.42. The molecular formula is C21H30N2O3. The number of hydrogen-bond donors (Lipinski definition) is 3. The van der Waals surface area contributed by atoms with E-state index in [-0.39, 0.29) is 24.5 Å². The molecule has 1 aromatic rings. The Morgan fingerprint density at radius 1 is 1.04 bits per heavy atom. The molecule has 0 bridgehead atoms. The SMILES string of the molecule is O=C(NC1CCCCC1)[C@H](CO)NC(=O)C1(c2ccccc2)CCCC1. The van der Waals surface area contributed by atoms with Crippen LogP contribution in [-0.2, 0) is 15.0 Å². The number of carbonyl (C=O) groups excluding carboxylic acids is 2. The van der Waals surface area contributed by atoms with Gasteiger partial charge >= 0.3 is 0 Å². The fourth-order valence-corrected chi connectivity index (χ4v) is 4.42. The molecule has 0 aromatic heterocycles. The minimum atomic E-state index is -0.884. The smallest absolute Gasteiger partial charge is 0.245 e. The lowest BCUT2D eigenvalue weighted by Gasteiger charge is -2.31. The molecule has 2 saturated carbocycles. The largest absolute Gasteiger partial charge is 0.394 e. The lowest BCUT2D eigenvalue weighted by Crippen LogP contribution is -2.55. The highest BCUT2D eigenvalue weighted by atomic mass is 16.3. The molecule has 2 aliphatic rings. The Morgan fingerprint density at radius 3 is 2.31 bits per heavy atom. The summed E-state index contributed by atoms with van der Waals surface area (Å²) in [6.45, 7) is -0.380. The van der Waals surface area contributed by atoms with E-state index in [1.165, 1.54) is 6.42 Å². The van der Waals surface area contributed by atoms with Gasteiger partial charge in [0.25, 0.3) is 0 Å². The van der Waals surface area contributed by atoms with E-state index in [1.54, 1.807) is 0 Å². The van der Waals surface area contributed by atoms with Gasteiger partial charge in [0.15, 0.2) is 0 Å². The highest BCUT2D eigenvalue weighted by molar-refractivity contribution is 5.93. The Kier molecular flexibility index (Phi) is 6.30. The Morgan fingerprint density at radius 2 is 1.69 bits per heavy atom. The van der Waals surface area contributed by atoms with Gasteiger partial charge in [-0.2, -0.15) is 0 Å². The number of rotatable bonds is 6. The van der Waals surface area contributed by atoms with Crippen molar-refractivity contribution in [3.8, 4) is 0 Å². The van der Waals surface area contributed by atoms with Gasteiger partial charge in [0.2, 0.25) is 11.8 Å². The van der Waals surface area contributed by atoms with Crippen molar-refractivity contribution in [2.75, 3.05) is 6.61 Å². The van der Waals surface area contributed by atoms with Gasteiger partial charge in [0.05, 0.1) is 12.0 Å². The molecule has 2 amide bonds. The molecule has 0 saturated heterocycles.